The van der Waals surface area contributed by atoms with Gasteiger partial charge in [0.1, 0.15) is 5.75 Å². The van der Waals surface area contributed by atoms with Crippen LogP contribution in [0.15, 0.2) is 54.6 Å². The van der Waals surface area contributed by atoms with Gasteiger partial charge in [-0.05, 0) is 39.4 Å². The number of fused-ring (bicyclic) bond motifs is 1. The molecule has 0 heterocycles. The van der Waals surface area contributed by atoms with E-state index in [1.54, 1.807) is 0 Å². The first-order chi connectivity index (χ1) is 10.9. The van der Waals surface area contributed by atoms with Crippen LogP contribution in [0.5, 0.6) is 5.75 Å². The topological polar surface area (TPSA) is 40.5 Å². The molecular weight excluding hydrogens is 284 g/mol. The van der Waals surface area contributed by atoms with Crippen molar-refractivity contribution in [3.63, 3.8) is 0 Å². The van der Waals surface area contributed by atoms with Crippen molar-refractivity contribution in [2.75, 3.05) is 0 Å². The van der Waals surface area contributed by atoms with Gasteiger partial charge in [-0.15, -0.1) is 0 Å². The van der Waals surface area contributed by atoms with E-state index in [9.17, 15) is 10.2 Å². The Morgan fingerprint density at radius 2 is 1.57 bits per heavy atom. The van der Waals surface area contributed by atoms with Crippen LogP contribution in [0.3, 0.4) is 0 Å². The summed E-state index contributed by atoms with van der Waals surface area (Å²) in [6, 6.07) is 18.2. The van der Waals surface area contributed by atoms with Crippen molar-refractivity contribution in [2.45, 2.75) is 32.8 Å². The summed E-state index contributed by atoms with van der Waals surface area (Å²) in [4.78, 5) is 0. The Labute approximate surface area is 137 Å². The van der Waals surface area contributed by atoms with Gasteiger partial charge in [-0.25, -0.2) is 0 Å². The highest BCUT2D eigenvalue weighted by molar-refractivity contribution is 5.98. The van der Waals surface area contributed by atoms with Gasteiger partial charge in [-0.1, -0.05) is 63.2 Å². The van der Waals surface area contributed by atoms with Gasteiger partial charge < -0.3 is 10.2 Å². The Bertz CT molecular complexity index is 852. The minimum absolute atomic E-state index is 0.0586. The third kappa shape index (κ3) is 2.82. The minimum atomic E-state index is -0.173. The molecule has 2 nitrogen and oxygen atoms in total. The molecule has 0 saturated carbocycles. The fourth-order valence-corrected chi connectivity index (χ4v) is 2.91. The molecule has 3 aromatic rings. The van der Waals surface area contributed by atoms with E-state index in [0.717, 1.165) is 27.5 Å². The molecule has 0 fully saturated rings. The fraction of sp³-hybridized carbons (Fsp3) is 0.238. The van der Waals surface area contributed by atoms with Crippen LogP contribution in [0.2, 0.25) is 0 Å². The summed E-state index contributed by atoms with van der Waals surface area (Å²) in [5.74, 6) is 0.164. The molecular formula is C21H22O2. The molecule has 0 unspecified atom stereocenters. The predicted molar refractivity (Wildman–Crippen MR) is 95.7 cm³/mol. The molecule has 3 aromatic carbocycles. The van der Waals surface area contributed by atoms with Crippen LogP contribution in [0.4, 0.5) is 0 Å². The normalized spacial score (nSPS) is 11.8. The van der Waals surface area contributed by atoms with E-state index in [2.05, 4.69) is 39.0 Å². The molecule has 0 amide bonds. The van der Waals surface area contributed by atoms with E-state index in [-0.39, 0.29) is 17.8 Å². The molecule has 2 heteroatoms. The smallest absolute Gasteiger partial charge is 0.128 e. The third-order valence-electron chi connectivity index (χ3n) is 4.31. The predicted octanol–water partition coefficient (Wildman–Crippen LogP) is 5.00. The molecule has 0 radical (unpaired) electrons. The van der Waals surface area contributed by atoms with Gasteiger partial charge in [0.25, 0.3) is 0 Å². The first-order valence-corrected chi connectivity index (χ1v) is 7.87. The molecule has 118 valence electrons. The van der Waals surface area contributed by atoms with Crippen LogP contribution >= 0.6 is 0 Å². The summed E-state index contributed by atoms with van der Waals surface area (Å²) >= 11 is 0. The maximum Gasteiger partial charge on any atom is 0.128 e. The van der Waals surface area contributed by atoms with Crippen molar-refractivity contribution >= 4 is 10.8 Å². The average molecular weight is 306 g/mol. The summed E-state index contributed by atoms with van der Waals surface area (Å²) in [6.07, 6.45) is 0. The molecule has 0 saturated heterocycles. The summed E-state index contributed by atoms with van der Waals surface area (Å²) in [6.45, 7) is 6.22. The van der Waals surface area contributed by atoms with Crippen molar-refractivity contribution < 1.29 is 10.2 Å². The number of phenols is 1. The number of hydrogen-bond acceptors (Lipinski definition) is 2. The second kappa shape index (κ2) is 5.71. The van der Waals surface area contributed by atoms with Gasteiger partial charge in [0.15, 0.2) is 0 Å². The van der Waals surface area contributed by atoms with Crippen molar-refractivity contribution in [3.05, 3.63) is 65.7 Å². The molecule has 0 aromatic heterocycles. The number of aliphatic hydroxyl groups excluding tert-OH is 1. The monoisotopic (exact) mass is 306 g/mol. The van der Waals surface area contributed by atoms with E-state index in [1.807, 2.05) is 36.4 Å². The van der Waals surface area contributed by atoms with Gasteiger partial charge >= 0.3 is 0 Å². The van der Waals surface area contributed by atoms with Crippen LogP contribution in [-0.2, 0) is 12.0 Å². The first kappa shape index (κ1) is 15.6. The number of rotatable bonds is 2. The quantitative estimate of drug-likeness (QED) is 0.699. The summed E-state index contributed by atoms with van der Waals surface area (Å²) in [5.41, 5.74) is 3.37. The minimum Gasteiger partial charge on any atom is -0.507 e. The Hall–Kier alpha value is -2.32. The summed E-state index contributed by atoms with van der Waals surface area (Å²) < 4.78 is 0. The maximum absolute atomic E-state index is 10.6. The Morgan fingerprint density at radius 1 is 0.870 bits per heavy atom. The molecule has 0 aliphatic heterocycles. The van der Waals surface area contributed by atoms with E-state index in [1.165, 1.54) is 0 Å². The number of hydrogen-bond donors (Lipinski definition) is 2. The van der Waals surface area contributed by atoms with Gasteiger partial charge in [0.05, 0.1) is 6.61 Å². The van der Waals surface area contributed by atoms with Crippen LogP contribution in [0, 0.1) is 0 Å². The van der Waals surface area contributed by atoms with Gasteiger partial charge in [-0.3, -0.25) is 0 Å². The number of aromatic hydroxyl groups is 1. The van der Waals surface area contributed by atoms with E-state index in [0.29, 0.717) is 5.56 Å². The molecule has 0 spiro atoms. The molecule has 0 bridgehead atoms. The lowest BCUT2D eigenvalue weighted by atomic mass is 9.83. The highest BCUT2D eigenvalue weighted by Gasteiger charge is 2.20. The van der Waals surface area contributed by atoms with Crippen LogP contribution in [0.1, 0.15) is 31.9 Å². The van der Waals surface area contributed by atoms with E-state index >= 15 is 0 Å². The third-order valence-corrected chi connectivity index (χ3v) is 4.31. The largest absolute Gasteiger partial charge is 0.507 e. The summed E-state index contributed by atoms with van der Waals surface area (Å²) in [5, 5.41) is 22.5. The molecule has 0 aliphatic rings. The zero-order chi connectivity index (χ0) is 16.6. The zero-order valence-electron chi connectivity index (χ0n) is 13.8. The standard InChI is InChI=1S/C21H22O2/c1-21(2,3)16-11-15(13-22)20(23)19(12-16)18-10-6-8-14-7-4-5-9-17(14)18/h4-12,22-23H,13H2,1-3H3. The average Bonchev–Trinajstić information content (AvgIpc) is 2.53. The SMILES string of the molecule is CC(C)(C)c1cc(CO)c(O)c(-c2cccc3ccccc23)c1. The fourth-order valence-electron chi connectivity index (χ4n) is 2.91. The van der Waals surface area contributed by atoms with Crippen molar-refractivity contribution in [1.82, 2.24) is 0 Å². The van der Waals surface area contributed by atoms with Gasteiger partial charge in [0.2, 0.25) is 0 Å². The van der Waals surface area contributed by atoms with Crippen molar-refractivity contribution in [3.8, 4) is 16.9 Å². The maximum atomic E-state index is 10.6. The molecule has 0 aliphatic carbocycles. The number of aliphatic hydroxyl groups is 1. The van der Waals surface area contributed by atoms with E-state index < -0.39 is 0 Å². The highest BCUT2D eigenvalue weighted by Crippen LogP contribution is 2.39. The lowest BCUT2D eigenvalue weighted by molar-refractivity contribution is 0.275. The summed E-state index contributed by atoms with van der Waals surface area (Å²) in [7, 11) is 0. The first-order valence-electron chi connectivity index (χ1n) is 7.87. The van der Waals surface area contributed by atoms with Crippen molar-refractivity contribution in [2.24, 2.45) is 0 Å². The van der Waals surface area contributed by atoms with Crippen LogP contribution in [0.25, 0.3) is 21.9 Å². The zero-order valence-corrected chi connectivity index (χ0v) is 13.8. The molecule has 3 rings (SSSR count). The second-order valence-electron chi connectivity index (χ2n) is 6.97. The molecule has 23 heavy (non-hydrogen) atoms. The highest BCUT2D eigenvalue weighted by atomic mass is 16.3. The van der Waals surface area contributed by atoms with E-state index in [4.69, 9.17) is 0 Å². The Morgan fingerprint density at radius 3 is 2.26 bits per heavy atom. The van der Waals surface area contributed by atoms with Crippen LogP contribution < -0.4 is 0 Å². The Kier molecular flexibility index (Phi) is 3.87. The van der Waals surface area contributed by atoms with Crippen molar-refractivity contribution in [1.29, 1.82) is 0 Å². The number of benzene rings is 3. The van der Waals surface area contributed by atoms with Gasteiger partial charge in [-0.2, -0.15) is 0 Å². The van der Waals surface area contributed by atoms with Gasteiger partial charge in [0, 0.05) is 11.1 Å². The lowest BCUT2D eigenvalue weighted by Crippen LogP contribution is -2.12. The lowest BCUT2D eigenvalue weighted by Gasteiger charge is -2.22. The second-order valence-corrected chi connectivity index (χ2v) is 6.97. The Balaban J connectivity index is 2.34. The van der Waals surface area contributed by atoms with Crippen LogP contribution in [-0.4, -0.2) is 10.2 Å². The molecule has 0 atom stereocenters. The molecule has 2 N–H and O–H groups in total.